The second kappa shape index (κ2) is 4.43. The highest BCUT2D eigenvalue weighted by Gasteiger charge is 2.13. The van der Waals surface area contributed by atoms with Crippen molar-refractivity contribution in [3.8, 4) is 5.88 Å². The number of aromatic amines is 1. The van der Waals surface area contributed by atoms with Gasteiger partial charge in [0.25, 0.3) is 0 Å². The number of H-pyrrole nitrogens is 1. The molecule has 2 N–H and O–H groups in total. The van der Waals surface area contributed by atoms with E-state index < -0.39 is 0 Å². The fraction of sp³-hybridized carbons (Fsp3) is 0.182. The fourth-order valence-electron chi connectivity index (χ4n) is 1.78. The Morgan fingerprint density at radius 3 is 2.95 bits per heavy atom. The third kappa shape index (κ3) is 2.08. The predicted molar refractivity (Wildman–Crippen MR) is 71.9 cm³/mol. The maximum atomic E-state index is 6.05. The first kappa shape index (κ1) is 11.8. The van der Waals surface area contributed by atoms with Crippen molar-refractivity contribution in [1.82, 2.24) is 24.7 Å². The van der Waals surface area contributed by atoms with Crippen molar-refractivity contribution in [2.45, 2.75) is 0 Å². The third-order valence-corrected chi connectivity index (χ3v) is 2.90. The lowest BCUT2D eigenvalue weighted by Gasteiger charge is -2.05. The molecule has 7 nitrogen and oxygen atoms in total. The molecule has 3 aromatic heterocycles. The Balaban J connectivity index is 2.04. The second-order valence-corrected chi connectivity index (χ2v) is 4.35. The molecule has 3 rings (SSSR count). The van der Waals surface area contributed by atoms with Crippen molar-refractivity contribution in [3.63, 3.8) is 0 Å². The maximum Gasteiger partial charge on any atom is 0.232 e. The Labute approximate surface area is 113 Å². The molecule has 0 spiro atoms. The number of nitrogens with one attached hydrogen (secondary N) is 2. The maximum absolute atomic E-state index is 6.05. The van der Waals surface area contributed by atoms with Crippen molar-refractivity contribution < 1.29 is 4.74 Å². The highest BCUT2D eigenvalue weighted by Crippen LogP contribution is 2.30. The van der Waals surface area contributed by atoms with Crippen LogP contribution in [0.15, 0.2) is 18.6 Å². The first-order chi connectivity index (χ1) is 9.17. The van der Waals surface area contributed by atoms with Crippen LogP contribution in [0.25, 0.3) is 11.0 Å². The van der Waals surface area contributed by atoms with Gasteiger partial charge in [-0.05, 0) is 0 Å². The Morgan fingerprint density at radius 1 is 1.42 bits per heavy atom. The zero-order valence-corrected chi connectivity index (χ0v) is 11.1. The molecular weight excluding hydrogens is 268 g/mol. The van der Waals surface area contributed by atoms with Gasteiger partial charge in [-0.15, -0.1) is 0 Å². The minimum Gasteiger partial charge on any atom is -0.480 e. The zero-order valence-electron chi connectivity index (χ0n) is 10.3. The standard InChI is InChI=1S/C11H11ClN6O/c1-18-5-6(3-14-18)15-11-16-9-8(7(12)4-13-9)10(17-11)19-2/h3-5H,1-2H3,(H2,13,15,16,17). The summed E-state index contributed by atoms with van der Waals surface area (Å²) in [6, 6.07) is 0. The number of aryl methyl sites for hydroxylation is 1. The highest BCUT2D eigenvalue weighted by molar-refractivity contribution is 6.35. The average Bonchev–Trinajstić information content (AvgIpc) is 2.96. The number of aromatic nitrogens is 5. The van der Waals surface area contributed by atoms with Gasteiger partial charge in [-0.25, -0.2) is 0 Å². The number of hydrogen-bond donors (Lipinski definition) is 2. The van der Waals surface area contributed by atoms with Crippen molar-refractivity contribution in [3.05, 3.63) is 23.6 Å². The summed E-state index contributed by atoms with van der Waals surface area (Å²) in [6.07, 6.45) is 5.15. The van der Waals surface area contributed by atoms with E-state index in [9.17, 15) is 0 Å². The topological polar surface area (TPSA) is 80.7 Å². The molecule has 0 aliphatic heterocycles. The molecular formula is C11H11ClN6O. The summed E-state index contributed by atoms with van der Waals surface area (Å²) in [5, 5.41) is 8.31. The first-order valence-electron chi connectivity index (χ1n) is 5.51. The largest absolute Gasteiger partial charge is 0.480 e. The molecule has 98 valence electrons. The lowest BCUT2D eigenvalue weighted by molar-refractivity contribution is 0.403. The lowest BCUT2D eigenvalue weighted by Crippen LogP contribution is -1.99. The Kier molecular flexibility index (Phi) is 2.75. The van der Waals surface area contributed by atoms with Crippen LogP contribution in [0.3, 0.4) is 0 Å². The van der Waals surface area contributed by atoms with Gasteiger partial charge in [0.05, 0.1) is 29.4 Å². The van der Waals surface area contributed by atoms with E-state index in [1.165, 1.54) is 0 Å². The van der Waals surface area contributed by atoms with Crippen LogP contribution in [0.4, 0.5) is 11.6 Å². The molecule has 0 fully saturated rings. The van der Waals surface area contributed by atoms with Gasteiger partial charge in [-0.3, -0.25) is 4.68 Å². The van der Waals surface area contributed by atoms with Gasteiger partial charge in [-0.2, -0.15) is 15.1 Å². The molecule has 0 saturated carbocycles. The molecule has 0 saturated heterocycles. The quantitative estimate of drug-likeness (QED) is 0.767. The SMILES string of the molecule is COc1nc(Nc2cnn(C)c2)nc2[nH]cc(Cl)c12. The van der Waals surface area contributed by atoms with Crippen LogP contribution < -0.4 is 10.1 Å². The van der Waals surface area contributed by atoms with E-state index in [-0.39, 0.29) is 0 Å². The van der Waals surface area contributed by atoms with Gasteiger partial charge >= 0.3 is 0 Å². The van der Waals surface area contributed by atoms with Crippen LogP contribution in [-0.2, 0) is 7.05 Å². The summed E-state index contributed by atoms with van der Waals surface area (Å²) in [5.74, 6) is 0.832. The number of rotatable bonds is 3. The number of anilines is 2. The first-order valence-corrected chi connectivity index (χ1v) is 5.89. The minimum atomic E-state index is 0.413. The predicted octanol–water partition coefficient (Wildman–Crippen LogP) is 2.10. The van der Waals surface area contributed by atoms with E-state index in [1.807, 2.05) is 13.2 Å². The van der Waals surface area contributed by atoms with E-state index in [1.54, 1.807) is 24.2 Å². The Morgan fingerprint density at radius 2 is 2.26 bits per heavy atom. The van der Waals surface area contributed by atoms with Crippen LogP contribution in [-0.4, -0.2) is 31.8 Å². The Hall–Kier alpha value is -2.28. The lowest BCUT2D eigenvalue weighted by atomic mass is 10.4. The molecule has 3 heterocycles. The van der Waals surface area contributed by atoms with Crippen molar-refractivity contribution in [2.24, 2.45) is 7.05 Å². The zero-order chi connectivity index (χ0) is 13.4. The van der Waals surface area contributed by atoms with E-state index >= 15 is 0 Å². The van der Waals surface area contributed by atoms with Crippen molar-refractivity contribution >= 4 is 34.3 Å². The normalized spacial score (nSPS) is 10.9. The molecule has 3 aromatic rings. The van der Waals surface area contributed by atoms with Crippen LogP contribution in [0.1, 0.15) is 0 Å². The smallest absolute Gasteiger partial charge is 0.232 e. The highest BCUT2D eigenvalue weighted by atomic mass is 35.5. The summed E-state index contributed by atoms with van der Waals surface area (Å²) in [7, 11) is 3.37. The fourth-order valence-corrected chi connectivity index (χ4v) is 2.01. The van der Waals surface area contributed by atoms with Crippen LogP contribution in [0.2, 0.25) is 5.02 Å². The third-order valence-electron chi connectivity index (χ3n) is 2.60. The van der Waals surface area contributed by atoms with E-state index in [2.05, 4.69) is 25.4 Å². The summed E-state index contributed by atoms with van der Waals surface area (Å²) in [5.41, 5.74) is 1.41. The summed E-state index contributed by atoms with van der Waals surface area (Å²) < 4.78 is 6.92. The Bertz CT molecular complexity index is 734. The molecule has 8 heteroatoms. The molecule has 0 atom stereocenters. The van der Waals surface area contributed by atoms with E-state index in [4.69, 9.17) is 16.3 Å². The number of fused-ring (bicyclic) bond motifs is 1. The van der Waals surface area contributed by atoms with Gasteiger partial charge in [0.2, 0.25) is 11.8 Å². The monoisotopic (exact) mass is 278 g/mol. The molecule has 19 heavy (non-hydrogen) atoms. The molecule has 0 amide bonds. The number of ether oxygens (including phenoxy) is 1. The van der Waals surface area contributed by atoms with Crippen molar-refractivity contribution in [2.75, 3.05) is 12.4 Å². The van der Waals surface area contributed by atoms with Crippen LogP contribution in [0.5, 0.6) is 5.88 Å². The molecule has 0 aromatic carbocycles. The van der Waals surface area contributed by atoms with Gasteiger partial charge < -0.3 is 15.0 Å². The van der Waals surface area contributed by atoms with Gasteiger partial charge in [0.15, 0.2) is 0 Å². The van der Waals surface area contributed by atoms with Crippen LogP contribution >= 0.6 is 11.6 Å². The number of halogens is 1. The number of nitrogens with zero attached hydrogens (tertiary/aromatic N) is 4. The van der Waals surface area contributed by atoms with E-state index in [0.717, 1.165) is 5.69 Å². The number of methoxy groups -OCH3 is 1. The van der Waals surface area contributed by atoms with Gasteiger partial charge in [0.1, 0.15) is 5.65 Å². The number of hydrogen-bond acceptors (Lipinski definition) is 5. The summed E-state index contributed by atoms with van der Waals surface area (Å²) in [6.45, 7) is 0. The summed E-state index contributed by atoms with van der Waals surface area (Å²) >= 11 is 6.05. The van der Waals surface area contributed by atoms with Gasteiger partial charge in [0, 0.05) is 19.4 Å². The van der Waals surface area contributed by atoms with Crippen LogP contribution in [0, 0.1) is 0 Å². The van der Waals surface area contributed by atoms with E-state index in [0.29, 0.717) is 27.9 Å². The molecule has 0 aliphatic rings. The molecule has 0 bridgehead atoms. The summed E-state index contributed by atoms with van der Waals surface area (Å²) in [4.78, 5) is 11.6. The molecule has 0 aliphatic carbocycles. The second-order valence-electron chi connectivity index (χ2n) is 3.94. The minimum absolute atomic E-state index is 0.413. The molecule has 0 radical (unpaired) electrons. The van der Waals surface area contributed by atoms with Crippen molar-refractivity contribution in [1.29, 1.82) is 0 Å². The average molecular weight is 279 g/mol. The molecule has 0 unspecified atom stereocenters. The van der Waals surface area contributed by atoms with Gasteiger partial charge in [-0.1, -0.05) is 11.6 Å².